The SMILES string of the molecule is CC(C)C[C@H](N)C(=O)N[C@@H](CCCCN)C(=O)N[C@@H](CCCN=C(N)N)C(=O)O. The molecule has 0 aliphatic heterocycles. The number of unbranched alkanes of at least 4 members (excludes halogenated alkanes) is 1. The van der Waals surface area contributed by atoms with Crippen LogP contribution in [0.1, 0.15) is 52.4 Å². The molecule has 11 nitrogen and oxygen atoms in total. The Hall–Kier alpha value is -2.40. The zero-order chi connectivity index (χ0) is 22.4. The second-order valence-electron chi connectivity index (χ2n) is 7.43. The lowest BCUT2D eigenvalue weighted by atomic mass is 10.0. The van der Waals surface area contributed by atoms with E-state index in [0.717, 1.165) is 0 Å². The molecule has 0 aromatic rings. The highest BCUT2D eigenvalue weighted by Crippen LogP contribution is 2.07. The first-order valence-corrected chi connectivity index (χ1v) is 9.93. The van der Waals surface area contributed by atoms with Crippen LogP contribution in [0.15, 0.2) is 4.99 Å². The first-order valence-electron chi connectivity index (χ1n) is 9.93. The van der Waals surface area contributed by atoms with Gasteiger partial charge in [-0.05, 0) is 51.0 Å². The fourth-order valence-electron chi connectivity index (χ4n) is 2.69. The summed E-state index contributed by atoms with van der Waals surface area (Å²) in [4.78, 5) is 40.2. The Kier molecular flexibility index (Phi) is 13.4. The normalized spacial score (nSPS) is 14.0. The number of carbonyl (C=O) groups excluding carboxylic acids is 2. The Morgan fingerprint density at radius 2 is 1.55 bits per heavy atom. The molecule has 0 spiro atoms. The summed E-state index contributed by atoms with van der Waals surface area (Å²) < 4.78 is 0. The average Bonchev–Trinajstić information content (AvgIpc) is 2.62. The van der Waals surface area contributed by atoms with Crippen molar-refractivity contribution in [2.75, 3.05) is 13.1 Å². The predicted molar refractivity (Wildman–Crippen MR) is 112 cm³/mol. The topological polar surface area (TPSA) is 212 Å². The number of nitrogens with one attached hydrogen (secondary N) is 2. The van der Waals surface area contributed by atoms with Gasteiger partial charge in [0, 0.05) is 6.54 Å². The van der Waals surface area contributed by atoms with Gasteiger partial charge in [-0.3, -0.25) is 14.6 Å². The van der Waals surface area contributed by atoms with Crippen molar-refractivity contribution < 1.29 is 19.5 Å². The van der Waals surface area contributed by atoms with Gasteiger partial charge in [0.05, 0.1) is 6.04 Å². The first-order chi connectivity index (χ1) is 13.6. The Balaban J connectivity index is 4.98. The van der Waals surface area contributed by atoms with E-state index in [1.54, 1.807) is 0 Å². The van der Waals surface area contributed by atoms with E-state index in [-0.39, 0.29) is 24.8 Å². The van der Waals surface area contributed by atoms with Crippen molar-refractivity contribution in [3.63, 3.8) is 0 Å². The lowest BCUT2D eigenvalue weighted by Gasteiger charge is -2.23. The number of nitrogens with two attached hydrogens (primary N) is 4. The molecule has 11 N–H and O–H groups in total. The van der Waals surface area contributed by atoms with Crippen LogP contribution >= 0.6 is 0 Å². The van der Waals surface area contributed by atoms with Gasteiger partial charge in [-0.15, -0.1) is 0 Å². The van der Waals surface area contributed by atoms with E-state index in [9.17, 15) is 19.5 Å². The highest BCUT2D eigenvalue weighted by Gasteiger charge is 2.27. The molecule has 0 aromatic heterocycles. The van der Waals surface area contributed by atoms with Gasteiger partial charge in [-0.2, -0.15) is 0 Å². The van der Waals surface area contributed by atoms with Crippen molar-refractivity contribution in [1.82, 2.24) is 10.6 Å². The number of aliphatic carboxylic acids is 1. The van der Waals surface area contributed by atoms with Gasteiger partial charge < -0.3 is 38.7 Å². The minimum absolute atomic E-state index is 0.0821. The predicted octanol–water partition coefficient (Wildman–Crippen LogP) is -1.40. The minimum atomic E-state index is -1.17. The molecule has 168 valence electrons. The van der Waals surface area contributed by atoms with Crippen molar-refractivity contribution in [3.8, 4) is 0 Å². The van der Waals surface area contributed by atoms with Crippen LogP contribution in [0, 0.1) is 5.92 Å². The molecule has 0 bridgehead atoms. The Bertz CT molecular complexity index is 550. The summed E-state index contributed by atoms with van der Waals surface area (Å²) in [6, 6.07) is -2.74. The maximum Gasteiger partial charge on any atom is 0.326 e. The number of rotatable bonds is 15. The number of carboxylic acids is 1. The number of carbonyl (C=O) groups is 3. The molecule has 0 aliphatic rings. The van der Waals surface area contributed by atoms with Gasteiger partial charge in [0.1, 0.15) is 12.1 Å². The van der Waals surface area contributed by atoms with Crippen molar-refractivity contribution in [1.29, 1.82) is 0 Å². The molecular formula is C18H37N7O4. The number of amides is 2. The molecule has 0 saturated heterocycles. The Morgan fingerprint density at radius 1 is 0.966 bits per heavy atom. The molecule has 29 heavy (non-hydrogen) atoms. The van der Waals surface area contributed by atoms with E-state index in [4.69, 9.17) is 22.9 Å². The minimum Gasteiger partial charge on any atom is -0.480 e. The van der Waals surface area contributed by atoms with Crippen LogP contribution in [-0.4, -0.2) is 60.1 Å². The van der Waals surface area contributed by atoms with Crippen LogP contribution in [0.2, 0.25) is 0 Å². The summed E-state index contributed by atoms with van der Waals surface area (Å²) in [6.07, 6.45) is 2.62. The van der Waals surface area contributed by atoms with Crippen LogP contribution < -0.4 is 33.6 Å². The summed E-state index contributed by atoms with van der Waals surface area (Å²) in [7, 11) is 0. The zero-order valence-corrected chi connectivity index (χ0v) is 17.4. The second-order valence-corrected chi connectivity index (χ2v) is 7.43. The lowest BCUT2D eigenvalue weighted by Crippen LogP contribution is -2.54. The number of nitrogens with zero attached hydrogens (tertiary/aromatic N) is 1. The second kappa shape index (κ2) is 14.6. The molecule has 0 fully saturated rings. The van der Waals surface area contributed by atoms with Crippen LogP contribution in [0.3, 0.4) is 0 Å². The fourth-order valence-corrected chi connectivity index (χ4v) is 2.69. The molecular weight excluding hydrogens is 378 g/mol. The van der Waals surface area contributed by atoms with Crippen molar-refractivity contribution >= 4 is 23.7 Å². The van der Waals surface area contributed by atoms with Crippen LogP contribution in [0.4, 0.5) is 0 Å². The maximum absolute atomic E-state index is 12.6. The molecule has 0 aliphatic carbocycles. The largest absolute Gasteiger partial charge is 0.480 e. The molecule has 3 atom stereocenters. The van der Waals surface area contributed by atoms with Gasteiger partial charge >= 0.3 is 5.97 Å². The third kappa shape index (κ3) is 12.6. The summed E-state index contributed by atoms with van der Waals surface area (Å²) in [5.74, 6) is -2.04. The number of hydrogen-bond acceptors (Lipinski definition) is 6. The third-order valence-electron chi connectivity index (χ3n) is 4.20. The van der Waals surface area contributed by atoms with E-state index in [2.05, 4.69) is 15.6 Å². The molecule has 0 aromatic carbocycles. The molecule has 11 heteroatoms. The highest BCUT2D eigenvalue weighted by atomic mass is 16.4. The molecule has 0 heterocycles. The van der Waals surface area contributed by atoms with Crippen molar-refractivity contribution in [2.45, 2.75) is 70.5 Å². The Labute approximate surface area is 172 Å². The average molecular weight is 416 g/mol. The van der Waals surface area contributed by atoms with Crippen LogP contribution in [0.5, 0.6) is 0 Å². The highest BCUT2D eigenvalue weighted by molar-refractivity contribution is 5.91. The maximum atomic E-state index is 12.6. The molecule has 2 amide bonds. The monoisotopic (exact) mass is 415 g/mol. The Morgan fingerprint density at radius 3 is 2.07 bits per heavy atom. The van der Waals surface area contributed by atoms with E-state index < -0.39 is 35.9 Å². The van der Waals surface area contributed by atoms with Gasteiger partial charge in [-0.25, -0.2) is 4.79 Å². The standard InChI is InChI=1S/C18H37N7O4/c1-11(2)10-12(20)15(26)24-13(6-3-4-8-19)16(27)25-14(17(28)29)7-5-9-23-18(21)22/h11-14H,3-10,19-20H2,1-2H3,(H,24,26)(H,25,27)(H,28,29)(H4,21,22,23)/t12-,13-,14-/m0/s1. The molecule has 0 rings (SSSR count). The smallest absolute Gasteiger partial charge is 0.326 e. The summed E-state index contributed by atoms with van der Waals surface area (Å²) in [5.41, 5.74) is 21.8. The van der Waals surface area contributed by atoms with E-state index in [1.807, 2.05) is 13.8 Å². The first kappa shape index (κ1) is 26.6. The third-order valence-corrected chi connectivity index (χ3v) is 4.20. The molecule has 0 saturated carbocycles. The van der Waals surface area contributed by atoms with Gasteiger partial charge in [-0.1, -0.05) is 13.8 Å². The summed E-state index contributed by atoms with van der Waals surface area (Å²) in [6.45, 7) is 4.59. The number of hydrogen-bond donors (Lipinski definition) is 7. The lowest BCUT2D eigenvalue weighted by molar-refractivity contribution is -0.142. The summed E-state index contributed by atoms with van der Waals surface area (Å²) in [5, 5.41) is 14.5. The molecule has 0 radical (unpaired) electrons. The number of guanidine groups is 1. The quantitative estimate of drug-likeness (QED) is 0.0956. The number of carboxylic acid groups (broad SMARTS) is 1. The zero-order valence-electron chi connectivity index (χ0n) is 17.4. The fraction of sp³-hybridized carbons (Fsp3) is 0.778. The van der Waals surface area contributed by atoms with Crippen LogP contribution in [-0.2, 0) is 14.4 Å². The van der Waals surface area contributed by atoms with Gasteiger partial charge in [0.2, 0.25) is 11.8 Å². The van der Waals surface area contributed by atoms with Crippen molar-refractivity contribution in [2.24, 2.45) is 33.8 Å². The molecule has 0 unspecified atom stereocenters. The van der Waals surface area contributed by atoms with Crippen molar-refractivity contribution in [3.05, 3.63) is 0 Å². The van der Waals surface area contributed by atoms with E-state index >= 15 is 0 Å². The summed E-state index contributed by atoms with van der Waals surface area (Å²) >= 11 is 0. The van der Waals surface area contributed by atoms with Crippen LogP contribution in [0.25, 0.3) is 0 Å². The number of aliphatic imine (C=N–C) groups is 1. The van der Waals surface area contributed by atoms with E-state index in [0.29, 0.717) is 38.6 Å². The van der Waals surface area contributed by atoms with Gasteiger partial charge in [0.15, 0.2) is 5.96 Å². The van der Waals surface area contributed by atoms with E-state index in [1.165, 1.54) is 0 Å². The van der Waals surface area contributed by atoms with Gasteiger partial charge in [0.25, 0.3) is 0 Å².